The molecule has 0 aromatic rings. The molecule has 3 fully saturated rings. The van der Waals surface area contributed by atoms with Gasteiger partial charge < -0.3 is 20.1 Å². The van der Waals surface area contributed by atoms with Gasteiger partial charge in [0.05, 0.1) is 13.2 Å². The van der Waals surface area contributed by atoms with E-state index in [1.54, 1.807) is 0 Å². The first-order chi connectivity index (χ1) is 11.7. The first kappa shape index (κ1) is 18.0. The smallest absolute Gasteiger partial charge is 0.317 e. The van der Waals surface area contributed by atoms with E-state index < -0.39 is 0 Å². The molecule has 2 heterocycles. The van der Waals surface area contributed by atoms with Gasteiger partial charge in [-0.1, -0.05) is 19.3 Å². The number of likely N-dealkylation sites (tertiary alicyclic amines) is 1. The Hall–Kier alpha value is -0.850. The zero-order valence-corrected chi connectivity index (χ0v) is 14.8. The molecule has 24 heavy (non-hydrogen) atoms. The number of ether oxygens (including phenoxy) is 1. The van der Waals surface area contributed by atoms with Gasteiger partial charge in [0.25, 0.3) is 0 Å². The van der Waals surface area contributed by atoms with Crippen molar-refractivity contribution in [2.45, 2.75) is 44.6 Å². The Balaban J connectivity index is 1.52. The van der Waals surface area contributed by atoms with Crippen LogP contribution < -0.4 is 5.32 Å². The second kappa shape index (κ2) is 9.02. The Morgan fingerprint density at radius 1 is 1.08 bits per heavy atom. The molecule has 0 radical (unpaired) electrons. The minimum absolute atomic E-state index is 0.0760. The van der Waals surface area contributed by atoms with Gasteiger partial charge in [-0.3, -0.25) is 4.90 Å². The van der Waals surface area contributed by atoms with E-state index in [0.29, 0.717) is 18.5 Å². The zero-order valence-electron chi connectivity index (χ0n) is 14.8. The van der Waals surface area contributed by atoms with Crippen molar-refractivity contribution in [2.24, 2.45) is 11.8 Å². The summed E-state index contributed by atoms with van der Waals surface area (Å²) in [6.07, 6.45) is 6.99. The van der Waals surface area contributed by atoms with Crippen LogP contribution in [0.25, 0.3) is 0 Å². The van der Waals surface area contributed by atoms with Gasteiger partial charge in [-0.25, -0.2) is 4.79 Å². The first-order valence-corrected chi connectivity index (χ1v) is 9.71. The predicted octanol–water partition coefficient (Wildman–Crippen LogP) is 1.29. The molecule has 1 saturated carbocycles. The molecule has 6 heteroatoms. The SMILES string of the molecule is O=C(NC1CCCCC1)N1C[C@H](CO)C[C@H](CN2CCOCC2)C1. The number of carbonyl (C=O) groups is 1. The minimum atomic E-state index is 0.0760. The van der Waals surface area contributed by atoms with Crippen molar-refractivity contribution >= 4 is 6.03 Å². The summed E-state index contributed by atoms with van der Waals surface area (Å²) < 4.78 is 5.42. The average Bonchev–Trinajstić information content (AvgIpc) is 2.63. The second-order valence-electron chi connectivity index (χ2n) is 7.75. The fourth-order valence-corrected chi connectivity index (χ4v) is 4.41. The summed E-state index contributed by atoms with van der Waals surface area (Å²) in [6, 6.07) is 0.422. The summed E-state index contributed by atoms with van der Waals surface area (Å²) in [5.41, 5.74) is 0. The van der Waals surface area contributed by atoms with Crippen molar-refractivity contribution in [2.75, 3.05) is 52.5 Å². The maximum absolute atomic E-state index is 12.7. The van der Waals surface area contributed by atoms with Gasteiger partial charge in [-0.2, -0.15) is 0 Å². The van der Waals surface area contributed by atoms with Gasteiger partial charge in [0.2, 0.25) is 0 Å². The number of rotatable bonds is 4. The summed E-state index contributed by atoms with van der Waals surface area (Å²) in [6.45, 7) is 6.26. The standard InChI is InChI=1S/C18H33N3O3/c22-14-16-10-15(11-20-6-8-24-9-7-20)12-21(13-16)18(23)19-17-4-2-1-3-5-17/h15-17,22H,1-14H2,(H,19,23)/t15-,16-/m1/s1. The molecule has 0 unspecified atom stereocenters. The molecular formula is C18H33N3O3. The lowest BCUT2D eigenvalue weighted by molar-refractivity contribution is 0.0172. The molecule has 2 N–H and O–H groups in total. The highest BCUT2D eigenvalue weighted by Crippen LogP contribution is 2.24. The molecule has 2 saturated heterocycles. The molecule has 6 nitrogen and oxygen atoms in total. The third-order valence-corrected chi connectivity index (χ3v) is 5.72. The predicted molar refractivity (Wildman–Crippen MR) is 92.9 cm³/mol. The quantitative estimate of drug-likeness (QED) is 0.810. The number of urea groups is 1. The van der Waals surface area contributed by atoms with Gasteiger partial charge in [-0.05, 0) is 25.2 Å². The van der Waals surface area contributed by atoms with Crippen LogP contribution in [0.15, 0.2) is 0 Å². The van der Waals surface area contributed by atoms with Crippen molar-refractivity contribution in [3.63, 3.8) is 0 Å². The molecule has 138 valence electrons. The summed E-state index contributed by atoms with van der Waals surface area (Å²) in [7, 11) is 0. The largest absolute Gasteiger partial charge is 0.396 e. The van der Waals surface area contributed by atoms with Crippen LogP contribution >= 0.6 is 0 Å². The Bertz CT molecular complexity index is 395. The van der Waals surface area contributed by atoms with Crippen molar-refractivity contribution in [3.8, 4) is 0 Å². The van der Waals surface area contributed by atoms with Crippen molar-refractivity contribution in [3.05, 3.63) is 0 Å². The maximum atomic E-state index is 12.7. The van der Waals surface area contributed by atoms with Crippen LogP contribution in [0.4, 0.5) is 4.79 Å². The molecule has 2 atom stereocenters. The molecule has 2 amide bonds. The fraction of sp³-hybridized carbons (Fsp3) is 0.944. The first-order valence-electron chi connectivity index (χ1n) is 9.71. The number of hydrogen-bond donors (Lipinski definition) is 2. The van der Waals surface area contributed by atoms with E-state index >= 15 is 0 Å². The van der Waals surface area contributed by atoms with Gasteiger partial charge in [0.1, 0.15) is 0 Å². The monoisotopic (exact) mass is 339 g/mol. The molecule has 0 spiro atoms. The molecule has 1 aliphatic carbocycles. The van der Waals surface area contributed by atoms with E-state index in [1.165, 1.54) is 19.3 Å². The average molecular weight is 339 g/mol. The number of hydrogen-bond acceptors (Lipinski definition) is 4. The highest BCUT2D eigenvalue weighted by Gasteiger charge is 2.31. The van der Waals surface area contributed by atoms with Gasteiger partial charge in [-0.15, -0.1) is 0 Å². The third kappa shape index (κ3) is 5.07. The maximum Gasteiger partial charge on any atom is 0.317 e. The highest BCUT2D eigenvalue weighted by molar-refractivity contribution is 5.74. The zero-order chi connectivity index (χ0) is 16.8. The summed E-state index contributed by atoms with van der Waals surface area (Å²) in [4.78, 5) is 17.0. The van der Waals surface area contributed by atoms with Crippen LogP contribution in [-0.4, -0.2) is 79.5 Å². The fourth-order valence-electron chi connectivity index (χ4n) is 4.41. The van der Waals surface area contributed by atoms with E-state index in [-0.39, 0.29) is 18.6 Å². The van der Waals surface area contributed by atoms with E-state index in [1.807, 2.05) is 4.90 Å². The lowest BCUT2D eigenvalue weighted by atomic mass is 9.89. The number of nitrogens with zero attached hydrogens (tertiary/aromatic N) is 2. The lowest BCUT2D eigenvalue weighted by Crippen LogP contribution is -2.53. The normalized spacial score (nSPS) is 30.3. The van der Waals surface area contributed by atoms with Crippen molar-refractivity contribution in [1.82, 2.24) is 15.1 Å². The molecule has 0 bridgehead atoms. The van der Waals surface area contributed by atoms with Crippen LogP contribution in [0.1, 0.15) is 38.5 Å². The molecule has 0 aromatic carbocycles. The molecular weight excluding hydrogens is 306 g/mol. The number of amides is 2. The Labute approximate surface area is 145 Å². The van der Waals surface area contributed by atoms with Crippen molar-refractivity contribution in [1.29, 1.82) is 0 Å². The minimum Gasteiger partial charge on any atom is -0.396 e. The molecule has 0 aromatic heterocycles. The van der Waals surface area contributed by atoms with Crippen LogP contribution in [-0.2, 0) is 4.74 Å². The van der Waals surface area contributed by atoms with Gasteiger partial charge >= 0.3 is 6.03 Å². The number of carbonyl (C=O) groups excluding carboxylic acids is 1. The van der Waals surface area contributed by atoms with Crippen LogP contribution in [0, 0.1) is 11.8 Å². The van der Waals surface area contributed by atoms with Gasteiger partial charge in [0, 0.05) is 51.3 Å². The summed E-state index contributed by atoms with van der Waals surface area (Å²) in [5.74, 6) is 0.660. The third-order valence-electron chi connectivity index (χ3n) is 5.72. The van der Waals surface area contributed by atoms with Crippen LogP contribution in [0.5, 0.6) is 0 Å². The van der Waals surface area contributed by atoms with Crippen molar-refractivity contribution < 1.29 is 14.6 Å². The van der Waals surface area contributed by atoms with Crippen LogP contribution in [0.2, 0.25) is 0 Å². The van der Waals surface area contributed by atoms with E-state index in [0.717, 1.165) is 58.7 Å². The summed E-state index contributed by atoms with van der Waals surface area (Å²) in [5, 5.41) is 12.9. The van der Waals surface area contributed by atoms with Crippen LogP contribution in [0.3, 0.4) is 0 Å². The summed E-state index contributed by atoms with van der Waals surface area (Å²) >= 11 is 0. The number of piperidine rings is 1. The highest BCUT2D eigenvalue weighted by atomic mass is 16.5. The van der Waals surface area contributed by atoms with E-state index in [9.17, 15) is 9.90 Å². The van der Waals surface area contributed by atoms with E-state index in [4.69, 9.17) is 4.74 Å². The molecule has 3 rings (SSSR count). The van der Waals surface area contributed by atoms with Gasteiger partial charge in [0.15, 0.2) is 0 Å². The number of morpholine rings is 1. The number of nitrogens with one attached hydrogen (secondary N) is 1. The second-order valence-corrected chi connectivity index (χ2v) is 7.75. The molecule has 2 aliphatic heterocycles. The Kier molecular flexibility index (Phi) is 6.75. The Morgan fingerprint density at radius 3 is 2.50 bits per heavy atom. The number of aliphatic hydroxyl groups excluding tert-OH is 1. The van der Waals surface area contributed by atoms with E-state index in [2.05, 4.69) is 10.2 Å². The lowest BCUT2D eigenvalue weighted by Gasteiger charge is -2.40. The number of aliphatic hydroxyl groups is 1. The topological polar surface area (TPSA) is 65.0 Å². The Morgan fingerprint density at radius 2 is 1.79 bits per heavy atom. The molecule has 3 aliphatic rings.